The molecule has 10 heteroatoms. The molecule has 2 aromatic carbocycles. The molecule has 2 heterocycles. The van der Waals surface area contributed by atoms with E-state index in [0.29, 0.717) is 17.3 Å². The van der Waals surface area contributed by atoms with E-state index in [4.69, 9.17) is 4.74 Å². The Hall–Kier alpha value is -4.08. The number of hydrogen-bond donors (Lipinski definition) is 2. The van der Waals surface area contributed by atoms with Crippen molar-refractivity contribution in [1.82, 2.24) is 35.4 Å². The summed E-state index contributed by atoms with van der Waals surface area (Å²) in [5.74, 6) is 1.60. The number of nitrogens with zero attached hydrogens (tertiary/aromatic N) is 6. The third-order valence-corrected chi connectivity index (χ3v) is 3.82. The highest BCUT2D eigenvalue weighted by Gasteiger charge is 2.08. The van der Waals surface area contributed by atoms with Crippen LogP contribution in [-0.2, 0) is 4.79 Å². The maximum absolute atomic E-state index is 12.2. The van der Waals surface area contributed by atoms with Crippen molar-refractivity contribution in [3.63, 3.8) is 0 Å². The molecule has 140 valence electrons. The second-order valence-electron chi connectivity index (χ2n) is 5.91. The molecule has 1 amide bonds. The first-order chi connectivity index (χ1) is 13.7. The molecule has 0 fully saturated rings. The lowest BCUT2D eigenvalue weighted by Gasteiger charge is -2.09. The number of anilines is 1. The van der Waals surface area contributed by atoms with Crippen LogP contribution < -0.4 is 10.1 Å². The zero-order chi connectivity index (χ0) is 19.3. The Kier molecular flexibility index (Phi) is 4.74. The minimum Gasteiger partial charge on any atom is -0.484 e. The van der Waals surface area contributed by atoms with E-state index < -0.39 is 0 Å². The first-order valence-corrected chi connectivity index (χ1v) is 8.43. The van der Waals surface area contributed by atoms with Gasteiger partial charge >= 0.3 is 0 Å². The van der Waals surface area contributed by atoms with Gasteiger partial charge in [-0.3, -0.25) is 9.89 Å². The van der Waals surface area contributed by atoms with Crippen molar-refractivity contribution in [3.05, 3.63) is 60.7 Å². The number of nitrogens with one attached hydrogen (secondary N) is 2. The number of amides is 1. The molecule has 0 unspecified atom stereocenters. The van der Waals surface area contributed by atoms with Gasteiger partial charge in [-0.2, -0.15) is 5.10 Å². The molecule has 0 bridgehead atoms. The Morgan fingerprint density at radius 3 is 2.79 bits per heavy atom. The summed E-state index contributed by atoms with van der Waals surface area (Å²) in [6, 6.07) is 14.4. The number of rotatable bonds is 6. The van der Waals surface area contributed by atoms with Gasteiger partial charge in [-0.25, -0.2) is 9.67 Å². The number of carbonyl (C=O) groups excluding carboxylic acids is 1. The summed E-state index contributed by atoms with van der Waals surface area (Å²) in [5, 5.41) is 20.7. The van der Waals surface area contributed by atoms with Crippen LogP contribution >= 0.6 is 0 Å². The van der Waals surface area contributed by atoms with E-state index in [2.05, 4.69) is 36.0 Å². The van der Waals surface area contributed by atoms with Gasteiger partial charge < -0.3 is 10.1 Å². The molecule has 0 atom stereocenters. The van der Waals surface area contributed by atoms with E-state index in [9.17, 15) is 4.79 Å². The molecule has 0 saturated heterocycles. The van der Waals surface area contributed by atoms with E-state index >= 15 is 0 Å². The van der Waals surface area contributed by atoms with Crippen LogP contribution in [0.4, 0.5) is 5.69 Å². The number of aryl methyl sites for hydroxylation is 1. The Morgan fingerprint density at radius 1 is 1.21 bits per heavy atom. The molecular formula is C18H16N8O2. The molecule has 0 saturated carbocycles. The average Bonchev–Trinajstić information content (AvgIpc) is 3.39. The standard InChI is InChI=1S/C18H16N8O2/c1-12-20-18(23-22-12)13-3-2-4-14(9-13)21-17(27)10-28-16-7-5-15(6-8-16)26-11-19-24-25-26/h2-9,11H,10H2,1H3,(H,21,27)(H,20,22,23). The summed E-state index contributed by atoms with van der Waals surface area (Å²) in [7, 11) is 0. The summed E-state index contributed by atoms with van der Waals surface area (Å²) in [4.78, 5) is 16.5. The number of tetrazole rings is 1. The van der Waals surface area contributed by atoms with Gasteiger partial charge in [0.2, 0.25) is 0 Å². The fourth-order valence-electron chi connectivity index (χ4n) is 2.53. The lowest BCUT2D eigenvalue weighted by atomic mass is 10.2. The van der Waals surface area contributed by atoms with Crippen LogP contribution in [0.15, 0.2) is 54.9 Å². The Labute approximate surface area is 159 Å². The first kappa shape index (κ1) is 17.3. The van der Waals surface area contributed by atoms with Crippen LogP contribution in [-0.4, -0.2) is 47.9 Å². The predicted molar refractivity (Wildman–Crippen MR) is 99.8 cm³/mol. The lowest BCUT2D eigenvalue weighted by Crippen LogP contribution is -2.20. The van der Waals surface area contributed by atoms with Gasteiger partial charge in [0, 0.05) is 11.3 Å². The zero-order valence-corrected chi connectivity index (χ0v) is 14.9. The second-order valence-corrected chi connectivity index (χ2v) is 5.91. The maximum Gasteiger partial charge on any atom is 0.262 e. The van der Waals surface area contributed by atoms with Crippen molar-refractivity contribution in [2.24, 2.45) is 0 Å². The molecule has 2 N–H and O–H groups in total. The third kappa shape index (κ3) is 4.01. The van der Waals surface area contributed by atoms with Crippen molar-refractivity contribution in [1.29, 1.82) is 0 Å². The summed E-state index contributed by atoms with van der Waals surface area (Å²) < 4.78 is 7.05. The molecule has 0 spiro atoms. The predicted octanol–water partition coefficient (Wildman–Crippen LogP) is 1.77. The first-order valence-electron chi connectivity index (χ1n) is 8.43. The summed E-state index contributed by atoms with van der Waals surface area (Å²) >= 11 is 0. The number of hydrogen-bond acceptors (Lipinski definition) is 7. The fraction of sp³-hybridized carbons (Fsp3) is 0.111. The molecule has 10 nitrogen and oxygen atoms in total. The maximum atomic E-state index is 12.2. The number of benzene rings is 2. The Bertz CT molecular complexity index is 1070. The highest BCUT2D eigenvalue weighted by atomic mass is 16.5. The summed E-state index contributed by atoms with van der Waals surface area (Å²) in [6.07, 6.45) is 1.50. The van der Waals surface area contributed by atoms with Crippen molar-refractivity contribution in [2.75, 3.05) is 11.9 Å². The normalized spacial score (nSPS) is 10.6. The molecule has 2 aromatic heterocycles. The number of H-pyrrole nitrogens is 1. The Morgan fingerprint density at radius 2 is 2.07 bits per heavy atom. The molecule has 0 aliphatic carbocycles. The van der Waals surface area contributed by atoms with Crippen LogP contribution in [0.2, 0.25) is 0 Å². The quantitative estimate of drug-likeness (QED) is 0.525. The van der Waals surface area contributed by atoms with Gasteiger partial charge in [0.25, 0.3) is 5.91 Å². The van der Waals surface area contributed by atoms with E-state index in [0.717, 1.165) is 17.1 Å². The van der Waals surface area contributed by atoms with Gasteiger partial charge in [-0.05, 0) is 53.7 Å². The van der Waals surface area contributed by atoms with E-state index in [1.807, 2.05) is 25.1 Å². The smallest absolute Gasteiger partial charge is 0.262 e. The van der Waals surface area contributed by atoms with Gasteiger partial charge in [-0.15, -0.1) is 5.10 Å². The van der Waals surface area contributed by atoms with Gasteiger partial charge in [0.05, 0.1) is 5.69 Å². The topological polar surface area (TPSA) is 124 Å². The highest BCUT2D eigenvalue weighted by molar-refractivity contribution is 5.92. The number of carbonyl (C=O) groups is 1. The van der Waals surface area contributed by atoms with Crippen LogP contribution in [0, 0.1) is 6.92 Å². The van der Waals surface area contributed by atoms with E-state index in [1.54, 1.807) is 30.3 Å². The van der Waals surface area contributed by atoms with Gasteiger partial charge in [-0.1, -0.05) is 12.1 Å². The fourth-order valence-corrected chi connectivity index (χ4v) is 2.53. The summed E-state index contributed by atoms with van der Waals surface area (Å²) in [5.41, 5.74) is 2.24. The van der Waals surface area contributed by atoms with Crippen molar-refractivity contribution >= 4 is 11.6 Å². The molecule has 4 rings (SSSR count). The number of aromatic amines is 1. The van der Waals surface area contributed by atoms with Gasteiger partial charge in [0.1, 0.15) is 17.9 Å². The highest BCUT2D eigenvalue weighted by Crippen LogP contribution is 2.19. The van der Waals surface area contributed by atoms with Crippen LogP contribution in [0.5, 0.6) is 5.75 Å². The monoisotopic (exact) mass is 376 g/mol. The van der Waals surface area contributed by atoms with Crippen molar-refractivity contribution in [3.8, 4) is 22.8 Å². The van der Waals surface area contributed by atoms with Gasteiger partial charge in [0.15, 0.2) is 12.4 Å². The molecule has 0 radical (unpaired) electrons. The molecule has 0 aliphatic heterocycles. The lowest BCUT2D eigenvalue weighted by molar-refractivity contribution is -0.118. The Balaban J connectivity index is 1.34. The SMILES string of the molecule is Cc1nc(-c2cccc(NC(=O)COc3ccc(-n4cnnn4)cc3)c2)n[nH]1. The molecular weight excluding hydrogens is 360 g/mol. The third-order valence-electron chi connectivity index (χ3n) is 3.82. The van der Waals surface area contributed by atoms with Crippen LogP contribution in [0.3, 0.4) is 0 Å². The minimum absolute atomic E-state index is 0.117. The average molecular weight is 376 g/mol. The van der Waals surface area contributed by atoms with E-state index in [-0.39, 0.29) is 12.5 Å². The van der Waals surface area contributed by atoms with Crippen LogP contribution in [0.1, 0.15) is 5.82 Å². The van der Waals surface area contributed by atoms with Crippen molar-refractivity contribution in [2.45, 2.75) is 6.92 Å². The zero-order valence-electron chi connectivity index (χ0n) is 14.9. The number of aromatic nitrogens is 7. The summed E-state index contributed by atoms with van der Waals surface area (Å²) in [6.45, 7) is 1.71. The largest absolute Gasteiger partial charge is 0.484 e. The second kappa shape index (κ2) is 7.66. The molecule has 28 heavy (non-hydrogen) atoms. The minimum atomic E-state index is -0.270. The van der Waals surface area contributed by atoms with Crippen LogP contribution in [0.25, 0.3) is 17.1 Å². The van der Waals surface area contributed by atoms with Crippen molar-refractivity contribution < 1.29 is 9.53 Å². The molecule has 4 aromatic rings. The number of ether oxygens (including phenoxy) is 1. The molecule has 0 aliphatic rings. The van der Waals surface area contributed by atoms with E-state index in [1.165, 1.54) is 11.0 Å².